The van der Waals surface area contributed by atoms with Crippen LogP contribution in [0.25, 0.3) is 0 Å². The lowest BCUT2D eigenvalue weighted by molar-refractivity contribution is 0.509. The fraction of sp³-hybridized carbons (Fsp3) is 0.636. The summed E-state index contributed by atoms with van der Waals surface area (Å²) in [6.07, 6.45) is 8.79. The van der Waals surface area contributed by atoms with E-state index in [1.165, 1.54) is 25.2 Å². The Bertz CT molecular complexity index is 478. The van der Waals surface area contributed by atoms with Crippen molar-refractivity contribution >= 4 is 16.0 Å². The minimum Gasteiger partial charge on any atom is -0.368 e. The number of rotatable bonds is 3. The Kier molecular flexibility index (Phi) is 4.13. The minimum atomic E-state index is -3.52. The van der Waals surface area contributed by atoms with Crippen molar-refractivity contribution in [1.29, 1.82) is 0 Å². The fourth-order valence-corrected chi connectivity index (χ4v) is 3.34. The molecule has 0 saturated heterocycles. The van der Waals surface area contributed by atoms with Crippen LogP contribution in [0.3, 0.4) is 0 Å². The van der Waals surface area contributed by atoms with E-state index in [9.17, 15) is 8.42 Å². The van der Waals surface area contributed by atoms with Gasteiger partial charge in [0.2, 0.25) is 16.0 Å². The Morgan fingerprint density at radius 1 is 1.11 bits per heavy atom. The summed E-state index contributed by atoms with van der Waals surface area (Å²) in [5, 5.41) is 0. The highest BCUT2D eigenvalue weighted by Crippen LogP contribution is 2.19. The summed E-state index contributed by atoms with van der Waals surface area (Å²) in [5.74, 6) is 0.0726. The van der Waals surface area contributed by atoms with E-state index in [0.29, 0.717) is 0 Å². The smallest absolute Gasteiger partial charge is 0.243 e. The van der Waals surface area contributed by atoms with Crippen LogP contribution in [0.2, 0.25) is 0 Å². The molecular formula is C11H18N4O2S. The fourth-order valence-electron chi connectivity index (χ4n) is 2.15. The number of hydrogen-bond donors (Lipinski definition) is 2. The number of nitrogens with zero attached hydrogens (tertiary/aromatic N) is 2. The first-order valence-electron chi connectivity index (χ1n) is 6.18. The summed E-state index contributed by atoms with van der Waals surface area (Å²) in [4.78, 5) is 7.48. The Morgan fingerprint density at radius 3 is 2.22 bits per heavy atom. The maximum absolute atomic E-state index is 12.1. The molecule has 0 unspecified atom stereocenters. The normalized spacial score (nSPS) is 18.4. The number of hydrogen-bond acceptors (Lipinski definition) is 5. The van der Waals surface area contributed by atoms with Crippen molar-refractivity contribution in [2.24, 2.45) is 0 Å². The van der Waals surface area contributed by atoms with E-state index in [4.69, 9.17) is 5.73 Å². The molecule has 1 heterocycles. The van der Waals surface area contributed by atoms with Crippen LogP contribution in [0.15, 0.2) is 17.3 Å². The highest BCUT2D eigenvalue weighted by molar-refractivity contribution is 7.89. The van der Waals surface area contributed by atoms with Gasteiger partial charge in [-0.15, -0.1) is 0 Å². The molecule has 2 rings (SSSR count). The van der Waals surface area contributed by atoms with E-state index in [2.05, 4.69) is 14.7 Å². The van der Waals surface area contributed by atoms with Crippen molar-refractivity contribution in [3.8, 4) is 0 Å². The van der Waals surface area contributed by atoms with E-state index < -0.39 is 10.0 Å². The maximum Gasteiger partial charge on any atom is 0.243 e. The van der Waals surface area contributed by atoms with Gasteiger partial charge in [0.1, 0.15) is 4.90 Å². The molecule has 1 aliphatic rings. The molecule has 0 aliphatic heterocycles. The molecule has 0 aromatic carbocycles. The molecule has 3 N–H and O–H groups in total. The first-order valence-corrected chi connectivity index (χ1v) is 7.66. The Morgan fingerprint density at radius 2 is 1.67 bits per heavy atom. The summed E-state index contributed by atoms with van der Waals surface area (Å²) in [6, 6.07) is 0.0232. The maximum atomic E-state index is 12.1. The molecule has 0 amide bonds. The third kappa shape index (κ3) is 3.39. The van der Waals surface area contributed by atoms with Crippen LogP contribution < -0.4 is 10.5 Å². The number of nitrogens with one attached hydrogen (secondary N) is 1. The second-order valence-corrected chi connectivity index (χ2v) is 6.30. The number of anilines is 1. The summed E-state index contributed by atoms with van der Waals surface area (Å²) in [7, 11) is -3.52. The van der Waals surface area contributed by atoms with E-state index in [-0.39, 0.29) is 16.9 Å². The molecule has 18 heavy (non-hydrogen) atoms. The molecule has 0 spiro atoms. The average Bonchev–Trinajstić information content (AvgIpc) is 2.57. The van der Waals surface area contributed by atoms with Crippen molar-refractivity contribution < 1.29 is 8.42 Å². The summed E-state index contributed by atoms with van der Waals surface area (Å²) in [5.41, 5.74) is 5.34. The predicted octanol–water partition coefficient (Wildman–Crippen LogP) is 1.06. The molecule has 1 aromatic rings. The molecule has 1 aliphatic carbocycles. The topological polar surface area (TPSA) is 98.0 Å². The first kappa shape index (κ1) is 13.2. The molecule has 0 radical (unpaired) electrons. The zero-order valence-corrected chi connectivity index (χ0v) is 11.0. The van der Waals surface area contributed by atoms with Gasteiger partial charge in [0, 0.05) is 6.04 Å². The Balaban J connectivity index is 2.08. The largest absolute Gasteiger partial charge is 0.368 e. The van der Waals surface area contributed by atoms with Crippen LogP contribution in [0.1, 0.15) is 38.5 Å². The van der Waals surface area contributed by atoms with Gasteiger partial charge in [0.05, 0.1) is 12.4 Å². The van der Waals surface area contributed by atoms with E-state index in [1.54, 1.807) is 0 Å². The van der Waals surface area contributed by atoms with Crippen LogP contribution in [0.4, 0.5) is 5.95 Å². The number of nitrogen functional groups attached to an aromatic ring is 1. The lowest BCUT2D eigenvalue weighted by Gasteiger charge is -2.15. The van der Waals surface area contributed by atoms with Crippen LogP contribution in [-0.2, 0) is 10.0 Å². The molecular weight excluding hydrogens is 252 g/mol. The molecule has 6 nitrogen and oxygen atoms in total. The predicted molar refractivity (Wildman–Crippen MR) is 68.3 cm³/mol. The highest BCUT2D eigenvalue weighted by Gasteiger charge is 2.21. The molecule has 100 valence electrons. The molecule has 1 fully saturated rings. The van der Waals surface area contributed by atoms with Gasteiger partial charge in [-0.05, 0) is 12.8 Å². The van der Waals surface area contributed by atoms with Crippen molar-refractivity contribution in [2.45, 2.75) is 49.5 Å². The minimum absolute atomic E-state index is 0.0232. The second-order valence-electron chi connectivity index (χ2n) is 4.59. The van der Waals surface area contributed by atoms with Gasteiger partial charge in [0.25, 0.3) is 0 Å². The SMILES string of the molecule is Nc1ncc(S(=O)(=O)NC2CCCCCC2)cn1. The van der Waals surface area contributed by atoms with E-state index >= 15 is 0 Å². The molecule has 7 heteroatoms. The van der Waals surface area contributed by atoms with Gasteiger partial charge in [-0.1, -0.05) is 25.7 Å². The number of sulfonamides is 1. The molecule has 1 aromatic heterocycles. The van der Waals surface area contributed by atoms with E-state index in [0.717, 1.165) is 25.7 Å². The Labute approximate surface area is 107 Å². The van der Waals surface area contributed by atoms with Gasteiger partial charge < -0.3 is 5.73 Å². The quantitative estimate of drug-likeness (QED) is 0.800. The zero-order valence-electron chi connectivity index (χ0n) is 10.2. The van der Waals surface area contributed by atoms with Gasteiger partial charge >= 0.3 is 0 Å². The molecule has 0 bridgehead atoms. The van der Waals surface area contributed by atoms with Crippen LogP contribution >= 0.6 is 0 Å². The molecule has 1 saturated carbocycles. The van der Waals surface area contributed by atoms with Gasteiger partial charge in [-0.3, -0.25) is 0 Å². The summed E-state index contributed by atoms with van der Waals surface area (Å²) in [6.45, 7) is 0. The van der Waals surface area contributed by atoms with Crippen LogP contribution in [0.5, 0.6) is 0 Å². The van der Waals surface area contributed by atoms with E-state index in [1.807, 2.05) is 0 Å². The van der Waals surface area contributed by atoms with Crippen molar-refractivity contribution in [3.05, 3.63) is 12.4 Å². The standard InChI is InChI=1S/C11H18N4O2S/c12-11-13-7-10(8-14-11)18(16,17)15-9-5-3-1-2-4-6-9/h7-9,15H,1-6H2,(H2,12,13,14). The third-order valence-corrected chi connectivity index (χ3v) is 4.61. The van der Waals surface area contributed by atoms with Crippen molar-refractivity contribution in [3.63, 3.8) is 0 Å². The van der Waals surface area contributed by atoms with Crippen LogP contribution in [0, 0.1) is 0 Å². The average molecular weight is 270 g/mol. The number of nitrogens with two attached hydrogens (primary N) is 1. The lowest BCUT2D eigenvalue weighted by Crippen LogP contribution is -2.34. The summed E-state index contributed by atoms with van der Waals surface area (Å²) < 4.78 is 26.9. The van der Waals surface area contributed by atoms with Crippen LogP contribution in [-0.4, -0.2) is 24.4 Å². The Hall–Kier alpha value is -1.21. The van der Waals surface area contributed by atoms with Gasteiger partial charge in [0.15, 0.2) is 0 Å². The zero-order chi connectivity index (χ0) is 13.0. The molecule has 0 atom stereocenters. The third-order valence-electron chi connectivity index (χ3n) is 3.14. The highest BCUT2D eigenvalue weighted by atomic mass is 32.2. The van der Waals surface area contributed by atoms with Crippen molar-refractivity contribution in [1.82, 2.24) is 14.7 Å². The van der Waals surface area contributed by atoms with Gasteiger partial charge in [-0.2, -0.15) is 0 Å². The number of aromatic nitrogens is 2. The summed E-state index contributed by atoms with van der Waals surface area (Å²) >= 11 is 0. The lowest BCUT2D eigenvalue weighted by atomic mass is 10.1. The van der Waals surface area contributed by atoms with Crippen molar-refractivity contribution in [2.75, 3.05) is 5.73 Å². The second kappa shape index (κ2) is 5.62. The first-order chi connectivity index (χ1) is 8.58. The van der Waals surface area contributed by atoms with Gasteiger partial charge in [-0.25, -0.2) is 23.1 Å². The monoisotopic (exact) mass is 270 g/mol.